The average molecular weight is 276 g/mol. The molecule has 1 fully saturated rings. The summed E-state index contributed by atoms with van der Waals surface area (Å²) in [6.45, 7) is 3.49. The molecule has 0 atom stereocenters. The van der Waals surface area contributed by atoms with Gasteiger partial charge in [0.05, 0.1) is 17.0 Å². The topological polar surface area (TPSA) is 64.3 Å². The standard InChI is InChI=1S/C15H17FN2O2/c1-15(14(19)20)4-6-18(7-5-15)10-12-3-2-11(9-17)8-13(12)16/h2-3,8H,4-7,10H2,1H3,(H,19,20). The van der Waals surface area contributed by atoms with E-state index >= 15 is 0 Å². The normalized spacial score (nSPS) is 18.4. The number of carboxylic acid groups (broad SMARTS) is 1. The number of rotatable bonds is 3. The zero-order valence-corrected chi connectivity index (χ0v) is 11.4. The number of aliphatic carboxylic acids is 1. The largest absolute Gasteiger partial charge is 0.481 e. The van der Waals surface area contributed by atoms with Crippen LogP contribution in [-0.2, 0) is 11.3 Å². The van der Waals surface area contributed by atoms with Crippen molar-refractivity contribution in [3.05, 3.63) is 35.1 Å². The molecule has 0 spiro atoms. The number of nitriles is 1. The molecule has 0 unspecified atom stereocenters. The van der Waals surface area contributed by atoms with Crippen LogP contribution in [0, 0.1) is 22.6 Å². The highest BCUT2D eigenvalue weighted by Gasteiger charge is 2.36. The maximum Gasteiger partial charge on any atom is 0.309 e. The first-order chi connectivity index (χ1) is 9.44. The maximum absolute atomic E-state index is 13.8. The minimum atomic E-state index is -0.762. The molecule has 0 radical (unpaired) electrons. The van der Waals surface area contributed by atoms with Gasteiger partial charge in [-0.3, -0.25) is 9.69 Å². The van der Waals surface area contributed by atoms with Gasteiger partial charge in [-0.05, 0) is 45.0 Å². The second-order valence-electron chi connectivity index (χ2n) is 5.56. The highest BCUT2D eigenvalue weighted by Crippen LogP contribution is 2.31. The van der Waals surface area contributed by atoms with E-state index in [1.807, 2.05) is 6.07 Å². The fourth-order valence-corrected chi connectivity index (χ4v) is 2.40. The summed E-state index contributed by atoms with van der Waals surface area (Å²) in [5.74, 6) is -1.14. The van der Waals surface area contributed by atoms with Crippen molar-refractivity contribution in [1.82, 2.24) is 4.90 Å². The second-order valence-corrected chi connectivity index (χ2v) is 5.56. The van der Waals surface area contributed by atoms with Gasteiger partial charge in [0, 0.05) is 12.1 Å². The number of halogens is 1. The first-order valence-corrected chi connectivity index (χ1v) is 6.59. The van der Waals surface area contributed by atoms with Crippen LogP contribution in [0.15, 0.2) is 18.2 Å². The molecule has 0 amide bonds. The van der Waals surface area contributed by atoms with Gasteiger partial charge in [-0.2, -0.15) is 5.26 Å². The lowest BCUT2D eigenvalue weighted by Gasteiger charge is -2.36. The molecule has 1 N–H and O–H groups in total. The molecule has 1 heterocycles. The summed E-state index contributed by atoms with van der Waals surface area (Å²) in [6.07, 6.45) is 1.14. The molecule has 5 heteroatoms. The Morgan fingerprint density at radius 1 is 1.50 bits per heavy atom. The number of likely N-dealkylation sites (tertiary alicyclic amines) is 1. The fraction of sp³-hybridized carbons (Fsp3) is 0.467. The summed E-state index contributed by atoms with van der Waals surface area (Å²) in [7, 11) is 0. The van der Waals surface area contributed by atoms with Crippen molar-refractivity contribution in [1.29, 1.82) is 5.26 Å². The van der Waals surface area contributed by atoms with Crippen LogP contribution in [-0.4, -0.2) is 29.1 Å². The van der Waals surface area contributed by atoms with E-state index in [2.05, 4.69) is 4.90 Å². The predicted octanol–water partition coefficient (Wildman–Crippen LogP) is 2.38. The molecular formula is C15H17FN2O2. The zero-order chi connectivity index (χ0) is 14.8. The molecular weight excluding hydrogens is 259 g/mol. The van der Waals surface area contributed by atoms with Crippen molar-refractivity contribution in [2.45, 2.75) is 26.3 Å². The molecule has 0 aromatic heterocycles. The summed E-state index contributed by atoms with van der Waals surface area (Å²) >= 11 is 0. The van der Waals surface area contributed by atoms with Crippen molar-refractivity contribution in [2.24, 2.45) is 5.41 Å². The van der Waals surface area contributed by atoms with E-state index in [4.69, 9.17) is 10.4 Å². The maximum atomic E-state index is 13.8. The van der Waals surface area contributed by atoms with Crippen LogP contribution in [0.2, 0.25) is 0 Å². The Morgan fingerprint density at radius 2 is 2.15 bits per heavy atom. The van der Waals surface area contributed by atoms with E-state index in [0.717, 1.165) is 0 Å². The van der Waals surface area contributed by atoms with E-state index < -0.39 is 11.4 Å². The molecule has 20 heavy (non-hydrogen) atoms. The first kappa shape index (κ1) is 14.5. The van der Waals surface area contributed by atoms with E-state index in [1.54, 1.807) is 19.1 Å². The number of piperidine rings is 1. The molecule has 1 aliphatic heterocycles. The van der Waals surface area contributed by atoms with Crippen LogP contribution < -0.4 is 0 Å². The van der Waals surface area contributed by atoms with E-state index in [0.29, 0.717) is 43.6 Å². The van der Waals surface area contributed by atoms with Crippen molar-refractivity contribution in [2.75, 3.05) is 13.1 Å². The van der Waals surface area contributed by atoms with E-state index in [1.165, 1.54) is 6.07 Å². The van der Waals surface area contributed by atoms with Gasteiger partial charge in [-0.15, -0.1) is 0 Å². The zero-order valence-electron chi connectivity index (χ0n) is 11.4. The molecule has 2 rings (SSSR count). The Labute approximate surface area is 117 Å². The third-order valence-electron chi connectivity index (χ3n) is 4.05. The molecule has 0 bridgehead atoms. The molecule has 0 aliphatic carbocycles. The first-order valence-electron chi connectivity index (χ1n) is 6.59. The lowest BCUT2D eigenvalue weighted by molar-refractivity contribution is -0.150. The third kappa shape index (κ3) is 2.97. The summed E-state index contributed by atoms with van der Waals surface area (Å²) in [5, 5.41) is 17.9. The van der Waals surface area contributed by atoms with Gasteiger partial charge in [0.2, 0.25) is 0 Å². The molecule has 1 aliphatic rings. The smallest absolute Gasteiger partial charge is 0.309 e. The minimum Gasteiger partial charge on any atom is -0.481 e. The minimum absolute atomic E-state index is 0.309. The lowest BCUT2D eigenvalue weighted by atomic mass is 9.80. The molecule has 4 nitrogen and oxygen atoms in total. The van der Waals surface area contributed by atoms with Crippen LogP contribution in [0.25, 0.3) is 0 Å². The van der Waals surface area contributed by atoms with E-state index in [9.17, 15) is 9.18 Å². The van der Waals surface area contributed by atoms with Crippen LogP contribution >= 0.6 is 0 Å². The monoisotopic (exact) mass is 276 g/mol. The Bertz CT molecular complexity index is 557. The van der Waals surface area contributed by atoms with Crippen LogP contribution in [0.5, 0.6) is 0 Å². The summed E-state index contributed by atoms with van der Waals surface area (Å²) in [5.41, 5.74) is 0.186. The molecule has 1 aromatic rings. The van der Waals surface area contributed by atoms with Gasteiger partial charge in [-0.25, -0.2) is 4.39 Å². The van der Waals surface area contributed by atoms with Crippen LogP contribution in [0.4, 0.5) is 4.39 Å². The van der Waals surface area contributed by atoms with Gasteiger partial charge < -0.3 is 5.11 Å². The van der Waals surface area contributed by atoms with Gasteiger partial charge in [0.25, 0.3) is 0 Å². The molecule has 106 valence electrons. The Balaban J connectivity index is 2.00. The van der Waals surface area contributed by atoms with Crippen molar-refractivity contribution < 1.29 is 14.3 Å². The summed E-state index contributed by atoms with van der Waals surface area (Å²) < 4.78 is 13.8. The molecule has 0 saturated carbocycles. The highest BCUT2D eigenvalue weighted by atomic mass is 19.1. The van der Waals surface area contributed by atoms with Crippen molar-refractivity contribution in [3.63, 3.8) is 0 Å². The summed E-state index contributed by atoms with van der Waals surface area (Å²) in [4.78, 5) is 13.2. The lowest BCUT2D eigenvalue weighted by Crippen LogP contribution is -2.42. The average Bonchev–Trinajstić information content (AvgIpc) is 2.43. The van der Waals surface area contributed by atoms with Crippen molar-refractivity contribution >= 4 is 5.97 Å². The number of benzene rings is 1. The number of nitrogens with zero attached hydrogens (tertiary/aromatic N) is 2. The highest BCUT2D eigenvalue weighted by molar-refractivity contribution is 5.74. The SMILES string of the molecule is CC1(C(=O)O)CCN(Cc2ccc(C#N)cc2F)CC1. The second kappa shape index (κ2) is 5.59. The Kier molecular flexibility index (Phi) is 4.05. The van der Waals surface area contributed by atoms with Gasteiger partial charge >= 0.3 is 5.97 Å². The van der Waals surface area contributed by atoms with Gasteiger partial charge in [0.1, 0.15) is 5.82 Å². The molecule has 1 saturated heterocycles. The third-order valence-corrected chi connectivity index (χ3v) is 4.05. The number of carboxylic acids is 1. The van der Waals surface area contributed by atoms with Gasteiger partial charge in [-0.1, -0.05) is 6.07 Å². The molecule has 1 aromatic carbocycles. The van der Waals surface area contributed by atoms with Gasteiger partial charge in [0.15, 0.2) is 0 Å². The Morgan fingerprint density at radius 3 is 2.65 bits per heavy atom. The predicted molar refractivity (Wildman–Crippen MR) is 71.4 cm³/mol. The fourth-order valence-electron chi connectivity index (χ4n) is 2.40. The van der Waals surface area contributed by atoms with E-state index in [-0.39, 0.29) is 5.82 Å². The van der Waals surface area contributed by atoms with Crippen molar-refractivity contribution in [3.8, 4) is 6.07 Å². The number of hydrogen-bond donors (Lipinski definition) is 1. The van der Waals surface area contributed by atoms with Crippen LogP contribution in [0.3, 0.4) is 0 Å². The summed E-state index contributed by atoms with van der Waals surface area (Å²) in [6, 6.07) is 6.36. The quantitative estimate of drug-likeness (QED) is 0.920. The number of hydrogen-bond acceptors (Lipinski definition) is 3. The number of carbonyl (C=O) groups is 1. The Hall–Kier alpha value is -1.93. The van der Waals surface area contributed by atoms with Crippen LogP contribution in [0.1, 0.15) is 30.9 Å².